The number of ether oxygens (including phenoxy) is 2. The molecule has 1 saturated heterocycles. The number of nitrogens with zero attached hydrogens (tertiary/aromatic N) is 3. The lowest BCUT2D eigenvalue weighted by Crippen LogP contribution is -2.44. The zero-order valence-electron chi connectivity index (χ0n) is 20.6. The van der Waals surface area contributed by atoms with Gasteiger partial charge in [0.2, 0.25) is 5.91 Å². The van der Waals surface area contributed by atoms with E-state index in [4.69, 9.17) is 9.47 Å². The highest BCUT2D eigenvalue weighted by Crippen LogP contribution is 2.31. The second-order valence-corrected chi connectivity index (χ2v) is 9.36. The molecule has 1 aromatic heterocycles. The summed E-state index contributed by atoms with van der Waals surface area (Å²) in [6.07, 6.45) is 3.99. The van der Waals surface area contributed by atoms with Crippen molar-refractivity contribution >= 4 is 5.91 Å². The number of morpholine rings is 1. The van der Waals surface area contributed by atoms with Gasteiger partial charge in [-0.3, -0.25) is 19.6 Å². The van der Waals surface area contributed by atoms with Gasteiger partial charge in [-0.05, 0) is 29.3 Å². The van der Waals surface area contributed by atoms with Gasteiger partial charge in [0.1, 0.15) is 11.9 Å². The number of fused-ring (bicyclic) bond motifs is 1. The van der Waals surface area contributed by atoms with Crippen LogP contribution in [0.3, 0.4) is 0 Å². The van der Waals surface area contributed by atoms with Crippen LogP contribution in [0.2, 0.25) is 0 Å². The first kappa shape index (κ1) is 24.4. The number of para-hydroxylation sites is 1. The highest BCUT2D eigenvalue weighted by molar-refractivity contribution is 5.76. The van der Waals surface area contributed by atoms with E-state index in [1.165, 1.54) is 5.56 Å². The minimum absolute atomic E-state index is 0.0667. The Morgan fingerprint density at radius 3 is 2.56 bits per heavy atom. The van der Waals surface area contributed by atoms with E-state index in [1.807, 2.05) is 60.9 Å². The van der Waals surface area contributed by atoms with Crippen molar-refractivity contribution in [2.75, 3.05) is 45.9 Å². The van der Waals surface area contributed by atoms with Crippen LogP contribution in [0.15, 0.2) is 79.1 Å². The fourth-order valence-electron chi connectivity index (χ4n) is 4.98. The maximum atomic E-state index is 13.0. The monoisotopic (exact) mass is 486 g/mol. The maximum absolute atomic E-state index is 13.0. The molecular weight excluding hydrogens is 452 g/mol. The molecule has 0 saturated carbocycles. The predicted octanol–water partition coefficient (Wildman–Crippen LogP) is 3.60. The van der Waals surface area contributed by atoms with E-state index in [1.54, 1.807) is 0 Å². The number of hydrogen-bond donors (Lipinski definition) is 1. The molecule has 7 nitrogen and oxygen atoms in total. The minimum atomic E-state index is -0.0738. The number of carbonyl (C=O) groups is 1. The molecule has 1 amide bonds. The van der Waals surface area contributed by atoms with Crippen molar-refractivity contribution in [2.45, 2.75) is 25.1 Å². The number of carbonyl (C=O) groups excluding carboxylic acids is 1. The number of nitrogens with one attached hydrogen (secondary N) is 1. The molecule has 36 heavy (non-hydrogen) atoms. The van der Waals surface area contributed by atoms with Crippen LogP contribution in [0.5, 0.6) is 5.75 Å². The molecule has 0 radical (unpaired) electrons. The molecule has 2 aliphatic rings. The normalized spacial score (nSPS) is 19.5. The average molecular weight is 487 g/mol. The summed E-state index contributed by atoms with van der Waals surface area (Å²) in [5.74, 6) is 0.987. The first-order valence-electron chi connectivity index (χ1n) is 12.8. The first-order chi connectivity index (χ1) is 17.8. The van der Waals surface area contributed by atoms with E-state index < -0.39 is 0 Å². The van der Waals surface area contributed by atoms with E-state index in [9.17, 15) is 4.79 Å². The highest BCUT2D eigenvalue weighted by atomic mass is 16.5. The lowest BCUT2D eigenvalue weighted by molar-refractivity contribution is -0.121. The molecule has 1 fully saturated rings. The zero-order valence-corrected chi connectivity index (χ0v) is 20.6. The van der Waals surface area contributed by atoms with Gasteiger partial charge in [-0.2, -0.15) is 0 Å². The highest BCUT2D eigenvalue weighted by Gasteiger charge is 2.26. The van der Waals surface area contributed by atoms with Crippen LogP contribution in [0.4, 0.5) is 0 Å². The van der Waals surface area contributed by atoms with Gasteiger partial charge in [0.15, 0.2) is 0 Å². The van der Waals surface area contributed by atoms with Crippen LogP contribution >= 0.6 is 0 Å². The van der Waals surface area contributed by atoms with E-state index in [0.29, 0.717) is 19.5 Å². The molecule has 2 atom stereocenters. The Bertz CT molecular complexity index is 1110. The molecule has 7 heteroatoms. The summed E-state index contributed by atoms with van der Waals surface area (Å²) in [6.45, 7) is 5.90. The quantitative estimate of drug-likeness (QED) is 0.525. The predicted molar refractivity (Wildman–Crippen MR) is 139 cm³/mol. The van der Waals surface area contributed by atoms with Crippen molar-refractivity contribution in [3.63, 3.8) is 0 Å². The van der Waals surface area contributed by atoms with Crippen molar-refractivity contribution in [3.8, 4) is 5.75 Å². The van der Waals surface area contributed by atoms with Gasteiger partial charge in [-0.1, -0.05) is 48.5 Å². The Kier molecular flexibility index (Phi) is 8.23. The molecule has 0 unspecified atom stereocenters. The largest absolute Gasteiger partial charge is 0.484 e. The Hall–Kier alpha value is -3.26. The number of rotatable bonds is 8. The zero-order chi connectivity index (χ0) is 24.6. The third-order valence-electron chi connectivity index (χ3n) is 6.96. The fraction of sp³-hybridized carbons (Fsp3) is 0.379. The molecule has 3 heterocycles. The van der Waals surface area contributed by atoms with Crippen LogP contribution in [0.1, 0.15) is 35.3 Å². The summed E-state index contributed by atoms with van der Waals surface area (Å²) in [6, 6.07) is 22.7. The summed E-state index contributed by atoms with van der Waals surface area (Å²) >= 11 is 0. The molecule has 188 valence electrons. The first-order valence-corrected chi connectivity index (χ1v) is 12.8. The molecule has 0 bridgehead atoms. The van der Waals surface area contributed by atoms with Gasteiger partial charge in [0.05, 0.1) is 19.3 Å². The van der Waals surface area contributed by atoms with Crippen molar-refractivity contribution in [3.05, 3.63) is 95.8 Å². The Morgan fingerprint density at radius 1 is 1.00 bits per heavy atom. The van der Waals surface area contributed by atoms with Gasteiger partial charge < -0.3 is 14.8 Å². The summed E-state index contributed by atoms with van der Waals surface area (Å²) in [5, 5.41) is 3.20. The van der Waals surface area contributed by atoms with Crippen LogP contribution in [-0.4, -0.2) is 66.6 Å². The number of aromatic nitrogens is 1. The smallest absolute Gasteiger partial charge is 0.221 e. The number of benzene rings is 2. The second-order valence-electron chi connectivity index (χ2n) is 9.36. The minimum Gasteiger partial charge on any atom is -0.484 e. The van der Waals surface area contributed by atoms with Crippen LogP contribution < -0.4 is 10.1 Å². The van der Waals surface area contributed by atoms with Crippen molar-refractivity contribution in [2.24, 2.45) is 0 Å². The maximum Gasteiger partial charge on any atom is 0.221 e. The average Bonchev–Trinajstić information content (AvgIpc) is 3.13. The van der Waals surface area contributed by atoms with Gasteiger partial charge in [-0.15, -0.1) is 0 Å². The van der Waals surface area contributed by atoms with E-state index >= 15 is 0 Å². The summed E-state index contributed by atoms with van der Waals surface area (Å²) in [4.78, 5) is 21.8. The van der Waals surface area contributed by atoms with E-state index in [0.717, 1.165) is 56.3 Å². The molecular formula is C29H34N4O3. The number of hydrogen-bond acceptors (Lipinski definition) is 6. The van der Waals surface area contributed by atoms with E-state index in [2.05, 4.69) is 38.3 Å². The molecule has 5 rings (SSSR count). The molecule has 2 aliphatic heterocycles. The SMILES string of the molecule is O=C(CCN1Cc2ccccc2O[C@@H](c2ccccc2)C1)NC[C@H](c1ccncc1)N1CCOCC1. The van der Waals surface area contributed by atoms with Gasteiger partial charge in [-0.25, -0.2) is 0 Å². The van der Waals surface area contributed by atoms with Crippen molar-refractivity contribution in [1.29, 1.82) is 0 Å². The summed E-state index contributed by atoms with van der Waals surface area (Å²) in [7, 11) is 0. The van der Waals surface area contributed by atoms with Crippen LogP contribution in [-0.2, 0) is 16.1 Å². The Labute approximate surface area is 213 Å². The number of pyridine rings is 1. The molecule has 2 aromatic carbocycles. The van der Waals surface area contributed by atoms with Gasteiger partial charge in [0.25, 0.3) is 0 Å². The molecule has 0 spiro atoms. The lowest BCUT2D eigenvalue weighted by Gasteiger charge is -2.35. The summed E-state index contributed by atoms with van der Waals surface area (Å²) in [5.41, 5.74) is 3.47. The van der Waals surface area contributed by atoms with Crippen molar-refractivity contribution in [1.82, 2.24) is 20.1 Å². The Balaban J connectivity index is 1.21. The Morgan fingerprint density at radius 2 is 1.75 bits per heavy atom. The second kappa shape index (κ2) is 12.1. The standard InChI is InChI=1S/C29H34N4O3/c34-29(31-20-26(23-10-13-30-14-11-23)33-16-18-35-19-17-33)12-15-32-21-25-8-4-5-9-27(25)36-28(22-32)24-6-2-1-3-7-24/h1-11,13-14,26,28H,12,15-22H2,(H,31,34)/t26-,28-/m1/s1. The number of amides is 1. The third-order valence-corrected chi connectivity index (χ3v) is 6.96. The van der Waals surface area contributed by atoms with Crippen LogP contribution in [0, 0.1) is 0 Å². The fourth-order valence-corrected chi connectivity index (χ4v) is 4.98. The topological polar surface area (TPSA) is 66.9 Å². The third kappa shape index (κ3) is 6.29. The summed E-state index contributed by atoms with van der Waals surface area (Å²) < 4.78 is 11.9. The lowest BCUT2D eigenvalue weighted by atomic mass is 10.1. The van der Waals surface area contributed by atoms with Gasteiger partial charge in [0, 0.05) is 63.6 Å². The van der Waals surface area contributed by atoms with E-state index in [-0.39, 0.29) is 18.1 Å². The van der Waals surface area contributed by atoms with Crippen LogP contribution in [0.25, 0.3) is 0 Å². The molecule has 0 aliphatic carbocycles. The van der Waals surface area contributed by atoms with Crippen molar-refractivity contribution < 1.29 is 14.3 Å². The molecule has 1 N–H and O–H groups in total. The molecule has 3 aromatic rings. The van der Waals surface area contributed by atoms with Gasteiger partial charge >= 0.3 is 0 Å².